The summed E-state index contributed by atoms with van der Waals surface area (Å²) < 4.78 is -0.683. The highest BCUT2D eigenvalue weighted by atomic mass is 79.9. The minimum atomic E-state index is -0.683. The van der Waals surface area contributed by atoms with Crippen LogP contribution < -0.4 is 0 Å². The maximum atomic E-state index is 13.9. The van der Waals surface area contributed by atoms with Gasteiger partial charge in [0.05, 0.1) is 22.2 Å². The van der Waals surface area contributed by atoms with E-state index in [9.17, 15) is 9.59 Å². The van der Waals surface area contributed by atoms with E-state index >= 15 is 0 Å². The molecule has 0 aromatic heterocycles. The van der Waals surface area contributed by atoms with E-state index in [4.69, 9.17) is 0 Å². The first-order valence-electron chi connectivity index (χ1n) is 10.3. The molecular weight excluding hydrogens is 438 g/mol. The van der Waals surface area contributed by atoms with Crippen molar-refractivity contribution in [3.63, 3.8) is 0 Å². The molecule has 0 unspecified atom stereocenters. The fourth-order valence-corrected chi connectivity index (χ4v) is 7.17. The summed E-state index contributed by atoms with van der Waals surface area (Å²) in [5, 5.41) is 0. The Morgan fingerprint density at radius 2 is 1.33 bits per heavy atom. The lowest BCUT2D eigenvalue weighted by molar-refractivity contribution is -0.142. The Kier molecular flexibility index (Phi) is 3.70. The van der Waals surface area contributed by atoms with Crippen molar-refractivity contribution in [3.05, 3.63) is 107 Å². The predicted octanol–water partition coefficient (Wildman–Crippen LogP) is 5.15. The molecule has 3 nitrogen and oxygen atoms in total. The van der Waals surface area contributed by atoms with Gasteiger partial charge in [0.2, 0.25) is 11.8 Å². The molecule has 3 atom stereocenters. The Labute approximate surface area is 183 Å². The minimum Gasteiger partial charge on any atom is -0.275 e. The van der Waals surface area contributed by atoms with Crippen molar-refractivity contribution in [2.75, 3.05) is 0 Å². The van der Waals surface area contributed by atoms with Gasteiger partial charge in [-0.1, -0.05) is 94.8 Å². The van der Waals surface area contributed by atoms with Crippen LogP contribution in [-0.4, -0.2) is 16.7 Å². The largest absolute Gasteiger partial charge is 0.275 e. The van der Waals surface area contributed by atoms with Crippen LogP contribution in [0.3, 0.4) is 0 Å². The van der Waals surface area contributed by atoms with Crippen LogP contribution in [-0.2, 0) is 13.9 Å². The molecule has 2 amide bonds. The number of likely N-dealkylation sites (tertiary alicyclic amines) is 1. The fraction of sp³-hybridized carbons (Fsp3) is 0.231. The number of hydrogen-bond donors (Lipinski definition) is 0. The normalized spacial score (nSPS) is 29.4. The molecule has 1 saturated heterocycles. The van der Waals surface area contributed by atoms with E-state index < -0.39 is 10.2 Å². The second-order valence-electron chi connectivity index (χ2n) is 8.50. The molecule has 2 bridgehead atoms. The lowest BCUT2D eigenvalue weighted by Gasteiger charge is -2.51. The number of carbonyl (C=O) groups excluding carboxylic acids is 2. The van der Waals surface area contributed by atoms with Crippen molar-refractivity contribution in [1.29, 1.82) is 0 Å². The van der Waals surface area contributed by atoms with Gasteiger partial charge in [-0.05, 0) is 34.7 Å². The van der Waals surface area contributed by atoms with Gasteiger partial charge in [-0.25, -0.2) is 0 Å². The molecule has 4 heteroatoms. The molecule has 0 radical (unpaired) electrons. The van der Waals surface area contributed by atoms with Crippen molar-refractivity contribution in [1.82, 2.24) is 4.90 Å². The summed E-state index contributed by atoms with van der Waals surface area (Å²) in [6.45, 7) is 1.95. The average molecular weight is 458 g/mol. The van der Waals surface area contributed by atoms with Gasteiger partial charge in [0.25, 0.3) is 0 Å². The van der Waals surface area contributed by atoms with Crippen molar-refractivity contribution in [2.45, 2.75) is 23.2 Å². The van der Waals surface area contributed by atoms with E-state index in [2.05, 4.69) is 40.2 Å². The van der Waals surface area contributed by atoms with Crippen molar-refractivity contribution in [3.8, 4) is 0 Å². The van der Waals surface area contributed by atoms with E-state index in [1.54, 1.807) is 0 Å². The third kappa shape index (κ3) is 2.05. The molecule has 148 valence electrons. The standard InChI is InChI=1S/C26H20BrNO2/c1-15(16-9-3-2-4-10-16)28-24(29)22-21-17-11-5-7-13-19(17)26(27,23(22)25(28)30)20-14-8-6-12-18(20)21/h2-15,21-23H,1H3/t15-,21?,22-,23-,26?/m0/s1. The summed E-state index contributed by atoms with van der Waals surface area (Å²) in [7, 11) is 0. The van der Waals surface area contributed by atoms with Gasteiger partial charge in [-0.3, -0.25) is 14.5 Å². The van der Waals surface area contributed by atoms with Gasteiger partial charge in [0, 0.05) is 5.92 Å². The monoisotopic (exact) mass is 457 g/mol. The molecule has 3 aromatic carbocycles. The first kappa shape index (κ1) is 18.1. The van der Waals surface area contributed by atoms with Crippen LogP contribution in [0.5, 0.6) is 0 Å². The number of carbonyl (C=O) groups is 2. The predicted molar refractivity (Wildman–Crippen MR) is 118 cm³/mol. The minimum absolute atomic E-state index is 0.0563. The molecule has 7 rings (SSSR count). The highest BCUT2D eigenvalue weighted by Crippen LogP contribution is 2.66. The maximum Gasteiger partial charge on any atom is 0.235 e. The summed E-state index contributed by atoms with van der Waals surface area (Å²) in [6, 6.07) is 26.0. The quantitative estimate of drug-likeness (QED) is 0.394. The number of hydrogen-bond acceptors (Lipinski definition) is 2. The van der Waals surface area contributed by atoms with Crippen LogP contribution in [0.1, 0.15) is 46.7 Å². The molecule has 4 aliphatic rings. The van der Waals surface area contributed by atoms with E-state index in [1.165, 1.54) is 4.90 Å². The van der Waals surface area contributed by atoms with E-state index in [0.717, 1.165) is 27.8 Å². The van der Waals surface area contributed by atoms with Crippen LogP contribution in [0.4, 0.5) is 0 Å². The second kappa shape index (κ2) is 6.14. The lowest BCUT2D eigenvalue weighted by Crippen LogP contribution is -2.50. The Morgan fingerprint density at radius 3 is 1.93 bits per heavy atom. The summed E-state index contributed by atoms with van der Waals surface area (Å²) in [5.74, 6) is -1.04. The number of nitrogens with zero attached hydrogens (tertiary/aromatic N) is 1. The van der Waals surface area contributed by atoms with Gasteiger partial charge in [-0.15, -0.1) is 0 Å². The fourth-order valence-electron chi connectivity index (χ4n) is 5.96. The Balaban J connectivity index is 1.57. The number of amides is 2. The summed E-state index contributed by atoms with van der Waals surface area (Å²) in [6.07, 6.45) is 0. The topological polar surface area (TPSA) is 37.4 Å². The zero-order valence-electron chi connectivity index (χ0n) is 16.5. The van der Waals surface area contributed by atoms with Crippen LogP contribution in [0.2, 0.25) is 0 Å². The Bertz CT molecular complexity index is 1160. The molecule has 1 fully saturated rings. The SMILES string of the molecule is C[C@@H](c1ccccc1)N1C(=O)[C@@H]2[C@@H](C1=O)C1c3ccccc3C2(Br)c2ccccc21. The molecule has 3 aromatic rings. The Hall–Kier alpha value is -2.72. The van der Waals surface area contributed by atoms with Gasteiger partial charge in [0.1, 0.15) is 0 Å². The molecule has 1 aliphatic heterocycles. The number of alkyl halides is 1. The van der Waals surface area contributed by atoms with Gasteiger partial charge in [-0.2, -0.15) is 0 Å². The van der Waals surface area contributed by atoms with Gasteiger partial charge < -0.3 is 0 Å². The molecule has 0 N–H and O–H groups in total. The molecule has 0 saturated carbocycles. The first-order chi connectivity index (χ1) is 14.5. The summed E-state index contributed by atoms with van der Waals surface area (Å²) in [4.78, 5) is 29.2. The number of halogens is 1. The molecule has 1 heterocycles. The summed E-state index contributed by atoms with van der Waals surface area (Å²) >= 11 is 4.04. The lowest BCUT2D eigenvalue weighted by atomic mass is 9.55. The van der Waals surface area contributed by atoms with E-state index in [-0.39, 0.29) is 29.7 Å². The maximum absolute atomic E-state index is 13.9. The van der Waals surface area contributed by atoms with Crippen molar-refractivity contribution < 1.29 is 9.59 Å². The number of rotatable bonds is 2. The molecule has 0 spiro atoms. The van der Waals surface area contributed by atoms with Crippen molar-refractivity contribution >= 4 is 27.7 Å². The third-order valence-corrected chi connectivity index (χ3v) is 8.57. The zero-order chi connectivity index (χ0) is 20.6. The van der Waals surface area contributed by atoms with Crippen LogP contribution in [0.25, 0.3) is 0 Å². The highest BCUT2D eigenvalue weighted by Gasteiger charge is 2.67. The van der Waals surface area contributed by atoms with Crippen LogP contribution in [0.15, 0.2) is 78.9 Å². The molecular formula is C26H20BrNO2. The van der Waals surface area contributed by atoms with Crippen molar-refractivity contribution in [2.24, 2.45) is 11.8 Å². The van der Waals surface area contributed by atoms with Gasteiger partial charge >= 0.3 is 0 Å². The van der Waals surface area contributed by atoms with Crippen LogP contribution >= 0.6 is 15.9 Å². The zero-order valence-corrected chi connectivity index (χ0v) is 18.0. The van der Waals surface area contributed by atoms with Crippen LogP contribution in [0, 0.1) is 11.8 Å². The van der Waals surface area contributed by atoms with E-state index in [0.29, 0.717) is 0 Å². The molecule has 3 aliphatic carbocycles. The third-order valence-electron chi connectivity index (χ3n) is 7.22. The summed E-state index contributed by atoms with van der Waals surface area (Å²) in [5.41, 5.74) is 5.52. The smallest absolute Gasteiger partial charge is 0.235 e. The van der Waals surface area contributed by atoms with Gasteiger partial charge in [0.15, 0.2) is 0 Å². The van der Waals surface area contributed by atoms with E-state index in [1.807, 2.05) is 61.5 Å². The molecule has 30 heavy (non-hydrogen) atoms. The second-order valence-corrected chi connectivity index (χ2v) is 9.75. The number of imide groups is 1. The highest BCUT2D eigenvalue weighted by molar-refractivity contribution is 9.09. The Morgan fingerprint density at radius 1 is 0.800 bits per heavy atom. The first-order valence-corrected chi connectivity index (χ1v) is 11.1. The number of benzene rings is 3. The average Bonchev–Trinajstić information content (AvgIpc) is 3.06.